The molecule has 1 aromatic carbocycles. The van der Waals surface area contributed by atoms with Crippen LogP contribution in [0.25, 0.3) is 11.1 Å². The van der Waals surface area contributed by atoms with Crippen LogP contribution in [0.3, 0.4) is 0 Å². The van der Waals surface area contributed by atoms with Gasteiger partial charge in [-0.3, -0.25) is 4.98 Å². The molecule has 0 amide bonds. The quantitative estimate of drug-likeness (QED) is 0.633. The second kappa shape index (κ2) is 4.96. The summed E-state index contributed by atoms with van der Waals surface area (Å²) in [7, 11) is 0. The highest BCUT2D eigenvalue weighted by atomic mass is 16.4. The van der Waals surface area contributed by atoms with Crippen molar-refractivity contribution in [2.75, 3.05) is 19.7 Å². The normalized spacial score (nSPS) is 11.1. The summed E-state index contributed by atoms with van der Waals surface area (Å²) in [6.07, 6.45) is 0.850. The zero-order chi connectivity index (χ0) is 11.4. The molecule has 0 aliphatic rings. The maximum absolute atomic E-state index is 10.9. The minimum atomic E-state index is -0.425. The number of oxazole rings is 1. The van der Waals surface area contributed by atoms with E-state index in [4.69, 9.17) is 9.52 Å². The highest BCUT2D eigenvalue weighted by molar-refractivity contribution is 5.72. The van der Waals surface area contributed by atoms with E-state index in [1.54, 1.807) is 6.07 Å². The van der Waals surface area contributed by atoms with Crippen LogP contribution in [0.4, 0.5) is 0 Å². The van der Waals surface area contributed by atoms with Crippen molar-refractivity contribution in [1.82, 2.24) is 10.3 Å². The molecule has 0 atom stereocenters. The van der Waals surface area contributed by atoms with E-state index >= 15 is 0 Å². The van der Waals surface area contributed by atoms with Gasteiger partial charge in [-0.2, -0.15) is 0 Å². The third-order valence-electron chi connectivity index (χ3n) is 2.36. The lowest BCUT2D eigenvalue weighted by Crippen LogP contribution is -2.20. The van der Waals surface area contributed by atoms with E-state index < -0.39 is 5.76 Å². The van der Waals surface area contributed by atoms with Gasteiger partial charge in [-0.25, -0.2) is 4.79 Å². The summed E-state index contributed by atoms with van der Waals surface area (Å²) >= 11 is 0. The van der Waals surface area contributed by atoms with Crippen molar-refractivity contribution in [3.8, 4) is 0 Å². The lowest BCUT2D eigenvalue weighted by Gasteiger charge is -2.02. The van der Waals surface area contributed by atoms with Crippen LogP contribution in [-0.4, -0.2) is 29.8 Å². The Kier molecular flexibility index (Phi) is 3.38. The van der Waals surface area contributed by atoms with Gasteiger partial charge in [0, 0.05) is 6.54 Å². The SMILES string of the molecule is O=c1[nH]c2cc(CCNCCO)ccc2o1. The van der Waals surface area contributed by atoms with Crippen molar-refractivity contribution < 1.29 is 9.52 Å². The summed E-state index contributed by atoms with van der Waals surface area (Å²) in [5.74, 6) is -0.425. The molecule has 3 N–H and O–H groups in total. The summed E-state index contributed by atoms with van der Waals surface area (Å²) in [6, 6.07) is 5.62. The molecule has 0 unspecified atom stereocenters. The highest BCUT2D eigenvalue weighted by Gasteiger charge is 2.01. The molecule has 2 aromatic rings. The summed E-state index contributed by atoms with van der Waals surface area (Å²) in [5.41, 5.74) is 2.43. The van der Waals surface area contributed by atoms with Crippen LogP contribution in [0, 0.1) is 0 Å². The molecule has 2 rings (SSSR count). The first-order valence-corrected chi connectivity index (χ1v) is 5.23. The Morgan fingerprint density at radius 3 is 3.06 bits per heavy atom. The number of fused-ring (bicyclic) bond motifs is 1. The van der Waals surface area contributed by atoms with Crippen LogP contribution in [0.2, 0.25) is 0 Å². The summed E-state index contributed by atoms with van der Waals surface area (Å²) < 4.78 is 4.91. The Balaban J connectivity index is 2.04. The van der Waals surface area contributed by atoms with Crippen LogP contribution in [0.1, 0.15) is 5.56 Å². The number of aromatic nitrogens is 1. The average molecular weight is 222 g/mol. The fourth-order valence-corrected chi connectivity index (χ4v) is 1.59. The van der Waals surface area contributed by atoms with E-state index in [9.17, 15) is 4.79 Å². The molecule has 1 aromatic heterocycles. The molecule has 1 heterocycles. The number of H-pyrrole nitrogens is 1. The number of aliphatic hydroxyl groups excluding tert-OH is 1. The van der Waals surface area contributed by atoms with Crippen LogP contribution in [-0.2, 0) is 6.42 Å². The van der Waals surface area contributed by atoms with E-state index in [0.29, 0.717) is 12.1 Å². The molecule has 0 saturated carbocycles. The highest BCUT2D eigenvalue weighted by Crippen LogP contribution is 2.12. The lowest BCUT2D eigenvalue weighted by atomic mass is 10.1. The maximum atomic E-state index is 10.9. The van der Waals surface area contributed by atoms with Gasteiger partial charge in [0.25, 0.3) is 0 Å². The fraction of sp³-hybridized carbons (Fsp3) is 0.364. The summed E-state index contributed by atoms with van der Waals surface area (Å²) in [4.78, 5) is 13.6. The van der Waals surface area contributed by atoms with Crippen molar-refractivity contribution in [2.24, 2.45) is 0 Å². The number of aromatic amines is 1. The fourth-order valence-electron chi connectivity index (χ4n) is 1.59. The lowest BCUT2D eigenvalue weighted by molar-refractivity contribution is 0.293. The van der Waals surface area contributed by atoms with Crippen LogP contribution in [0.15, 0.2) is 27.4 Å². The molecule has 86 valence electrons. The molecule has 0 saturated heterocycles. The molecule has 5 heteroatoms. The Morgan fingerprint density at radius 2 is 2.25 bits per heavy atom. The van der Waals surface area contributed by atoms with Crippen LogP contribution < -0.4 is 11.1 Å². The minimum Gasteiger partial charge on any atom is -0.408 e. The zero-order valence-electron chi connectivity index (χ0n) is 8.82. The molecule has 0 radical (unpaired) electrons. The molecule has 0 aliphatic carbocycles. The molecule has 16 heavy (non-hydrogen) atoms. The van der Waals surface area contributed by atoms with Gasteiger partial charge < -0.3 is 14.8 Å². The van der Waals surface area contributed by atoms with Gasteiger partial charge in [0.2, 0.25) is 0 Å². The van der Waals surface area contributed by atoms with Crippen molar-refractivity contribution in [1.29, 1.82) is 0 Å². The number of benzene rings is 1. The molecule has 0 aliphatic heterocycles. The summed E-state index contributed by atoms with van der Waals surface area (Å²) in [5, 5.41) is 11.7. The zero-order valence-corrected chi connectivity index (χ0v) is 8.82. The second-order valence-corrected chi connectivity index (χ2v) is 3.57. The Hall–Kier alpha value is -1.59. The molecular formula is C11H14N2O3. The third kappa shape index (κ3) is 2.50. The first-order valence-electron chi connectivity index (χ1n) is 5.23. The number of rotatable bonds is 5. The first-order chi connectivity index (χ1) is 7.79. The van der Waals surface area contributed by atoms with E-state index in [1.165, 1.54) is 0 Å². The molecular weight excluding hydrogens is 208 g/mol. The number of hydrogen-bond acceptors (Lipinski definition) is 4. The standard InChI is InChI=1S/C11H14N2O3/c14-6-5-12-4-3-8-1-2-10-9(7-8)13-11(15)16-10/h1-2,7,12,14H,3-6H2,(H,13,15). The molecule has 0 spiro atoms. The number of nitrogens with one attached hydrogen (secondary N) is 2. The van der Waals surface area contributed by atoms with Gasteiger partial charge in [-0.1, -0.05) is 6.07 Å². The maximum Gasteiger partial charge on any atom is 0.417 e. The van der Waals surface area contributed by atoms with Crippen molar-refractivity contribution in [3.63, 3.8) is 0 Å². The van der Waals surface area contributed by atoms with Gasteiger partial charge in [0.15, 0.2) is 5.58 Å². The monoisotopic (exact) mass is 222 g/mol. The minimum absolute atomic E-state index is 0.147. The second-order valence-electron chi connectivity index (χ2n) is 3.57. The van der Waals surface area contributed by atoms with Gasteiger partial charge in [0.1, 0.15) is 0 Å². The van der Waals surface area contributed by atoms with E-state index in [1.807, 2.05) is 12.1 Å². The predicted octanol–water partition coefficient (Wildman–Crippen LogP) is 0.245. The van der Waals surface area contributed by atoms with Crippen molar-refractivity contribution in [3.05, 3.63) is 34.3 Å². The number of aliphatic hydroxyl groups is 1. The number of hydrogen-bond donors (Lipinski definition) is 3. The van der Waals surface area contributed by atoms with Gasteiger partial charge in [-0.05, 0) is 30.7 Å². The Labute approximate surface area is 92.1 Å². The summed E-state index contributed by atoms with van der Waals surface area (Å²) in [6.45, 7) is 1.55. The smallest absolute Gasteiger partial charge is 0.408 e. The van der Waals surface area contributed by atoms with Gasteiger partial charge in [-0.15, -0.1) is 0 Å². The van der Waals surface area contributed by atoms with Crippen molar-refractivity contribution in [2.45, 2.75) is 6.42 Å². The Bertz CT molecular complexity index is 515. The van der Waals surface area contributed by atoms with Crippen LogP contribution in [0.5, 0.6) is 0 Å². The van der Waals surface area contributed by atoms with E-state index in [0.717, 1.165) is 24.0 Å². The average Bonchev–Trinajstić information content (AvgIpc) is 2.64. The topological polar surface area (TPSA) is 78.3 Å². The molecule has 0 fully saturated rings. The van der Waals surface area contributed by atoms with Crippen LogP contribution >= 0.6 is 0 Å². The Morgan fingerprint density at radius 1 is 1.38 bits per heavy atom. The molecule has 0 bridgehead atoms. The van der Waals surface area contributed by atoms with E-state index in [-0.39, 0.29) is 6.61 Å². The van der Waals surface area contributed by atoms with E-state index in [2.05, 4.69) is 10.3 Å². The third-order valence-corrected chi connectivity index (χ3v) is 2.36. The first kappa shape index (κ1) is 10.9. The largest absolute Gasteiger partial charge is 0.417 e. The predicted molar refractivity (Wildman–Crippen MR) is 60.5 cm³/mol. The van der Waals surface area contributed by atoms with Gasteiger partial charge >= 0.3 is 5.76 Å². The molecule has 5 nitrogen and oxygen atoms in total. The van der Waals surface area contributed by atoms with Gasteiger partial charge in [0.05, 0.1) is 12.1 Å². The van der Waals surface area contributed by atoms with Crippen molar-refractivity contribution >= 4 is 11.1 Å².